The summed E-state index contributed by atoms with van der Waals surface area (Å²) in [4.78, 5) is 24.8. The van der Waals surface area contributed by atoms with E-state index in [0.29, 0.717) is 30.0 Å². The summed E-state index contributed by atoms with van der Waals surface area (Å²) >= 11 is 1.44. The molecule has 2 rings (SSSR count). The van der Waals surface area contributed by atoms with Gasteiger partial charge in [0.05, 0.1) is 12.1 Å². The van der Waals surface area contributed by atoms with Gasteiger partial charge in [0, 0.05) is 23.3 Å². The molecule has 0 radical (unpaired) electrons. The van der Waals surface area contributed by atoms with Crippen molar-refractivity contribution in [3.05, 3.63) is 28.5 Å². The van der Waals surface area contributed by atoms with Crippen molar-refractivity contribution in [2.45, 2.75) is 34.1 Å². The average molecular weight is 319 g/mol. The van der Waals surface area contributed by atoms with Crippen molar-refractivity contribution in [3.63, 3.8) is 0 Å². The normalized spacial score (nSPS) is 10.8. The molecule has 2 N–H and O–H groups in total. The Hall–Kier alpha value is -2.02. The fraction of sp³-hybridized carbons (Fsp3) is 0.467. The van der Waals surface area contributed by atoms with E-state index in [-0.39, 0.29) is 5.91 Å². The standard InChI is InChI=1S/C15H21N5OS/c1-9(2)7-16-13(21)6-12-8-22-15(19-12)20-14-17-10(3)5-11(4)18-14/h5,8-9H,6-7H2,1-4H3,(H,16,21)(H,17,18,19,20). The Balaban J connectivity index is 1.95. The van der Waals surface area contributed by atoms with E-state index in [1.165, 1.54) is 11.3 Å². The highest BCUT2D eigenvalue weighted by molar-refractivity contribution is 7.13. The molecule has 0 aliphatic heterocycles. The lowest BCUT2D eigenvalue weighted by molar-refractivity contribution is -0.120. The van der Waals surface area contributed by atoms with Crippen molar-refractivity contribution < 1.29 is 4.79 Å². The fourth-order valence-electron chi connectivity index (χ4n) is 1.87. The maximum absolute atomic E-state index is 11.8. The van der Waals surface area contributed by atoms with Crippen LogP contribution < -0.4 is 10.6 Å². The lowest BCUT2D eigenvalue weighted by atomic mass is 10.2. The third-order valence-corrected chi connectivity index (χ3v) is 3.61. The van der Waals surface area contributed by atoms with Gasteiger partial charge < -0.3 is 10.6 Å². The lowest BCUT2D eigenvalue weighted by Crippen LogP contribution is -2.28. The predicted molar refractivity (Wildman–Crippen MR) is 88.5 cm³/mol. The molecule has 22 heavy (non-hydrogen) atoms. The number of aryl methyl sites for hydroxylation is 2. The molecular weight excluding hydrogens is 298 g/mol. The summed E-state index contributed by atoms with van der Waals surface area (Å²) < 4.78 is 0. The summed E-state index contributed by atoms with van der Waals surface area (Å²) in [6, 6.07) is 1.91. The van der Waals surface area contributed by atoms with Gasteiger partial charge in [-0.3, -0.25) is 4.79 Å². The number of rotatable bonds is 6. The van der Waals surface area contributed by atoms with Gasteiger partial charge in [-0.1, -0.05) is 13.8 Å². The lowest BCUT2D eigenvalue weighted by Gasteiger charge is -2.06. The molecule has 6 nitrogen and oxygen atoms in total. The molecule has 0 aromatic carbocycles. The third-order valence-electron chi connectivity index (χ3n) is 2.80. The van der Waals surface area contributed by atoms with E-state index in [0.717, 1.165) is 17.1 Å². The van der Waals surface area contributed by atoms with E-state index in [9.17, 15) is 4.79 Å². The highest BCUT2D eigenvalue weighted by Crippen LogP contribution is 2.19. The second-order valence-corrected chi connectivity index (χ2v) is 6.48. The summed E-state index contributed by atoms with van der Waals surface area (Å²) in [5, 5.41) is 8.53. The minimum absolute atomic E-state index is 0.00630. The molecule has 0 aliphatic carbocycles. The van der Waals surface area contributed by atoms with Crippen LogP contribution in [0.3, 0.4) is 0 Å². The van der Waals surface area contributed by atoms with Crippen LogP contribution in [0.2, 0.25) is 0 Å². The van der Waals surface area contributed by atoms with Crippen LogP contribution in [-0.4, -0.2) is 27.4 Å². The average Bonchev–Trinajstić information content (AvgIpc) is 2.82. The van der Waals surface area contributed by atoms with Crippen LogP contribution in [0, 0.1) is 19.8 Å². The molecule has 1 amide bonds. The van der Waals surface area contributed by atoms with Gasteiger partial charge in [0.2, 0.25) is 11.9 Å². The van der Waals surface area contributed by atoms with Gasteiger partial charge in [0.15, 0.2) is 5.13 Å². The monoisotopic (exact) mass is 319 g/mol. The smallest absolute Gasteiger partial charge is 0.229 e. The summed E-state index contributed by atoms with van der Waals surface area (Å²) in [6.45, 7) is 8.66. The number of carbonyl (C=O) groups excluding carboxylic acids is 1. The zero-order valence-electron chi connectivity index (χ0n) is 13.3. The fourth-order valence-corrected chi connectivity index (χ4v) is 2.57. The second kappa shape index (κ2) is 7.31. The van der Waals surface area contributed by atoms with Crippen LogP contribution >= 0.6 is 11.3 Å². The second-order valence-electron chi connectivity index (χ2n) is 5.62. The molecular formula is C15H21N5OS. The number of nitrogens with zero attached hydrogens (tertiary/aromatic N) is 3. The highest BCUT2D eigenvalue weighted by Gasteiger charge is 2.09. The molecule has 118 valence electrons. The number of hydrogen-bond acceptors (Lipinski definition) is 6. The van der Waals surface area contributed by atoms with Crippen molar-refractivity contribution in [1.82, 2.24) is 20.3 Å². The topological polar surface area (TPSA) is 79.8 Å². The Morgan fingerprint density at radius 3 is 2.55 bits per heavy atom. The minimum atomic E-state index is -0.00630. The Kier molecular flexibility index (Phi) is 5.43. The van der Waals surface area contributed by atoms with Crippen molar-refractivity contribution in [2.75, 3.05) is 11.9 Å². The maximum Gasteiger partial charge on any atom is 0.229 e. The van der Waals surface area contributed by atoms with Crippen LogP contribution in [-0.2, 0) is 11.2 Å². The van der Waals surface area contributed by atoms with Crippen molar-refractivity contribution in [1.29, 1.82) is 0 Å². The number of carbonyl (C=O) groups is 1. The quantitative estimate of drug-likeness (QED) is 0.855. The van der Waals surface area contributed by atoms with Crippen LogP contribution in [0.4, 0.5) is 11.1 Å². The van der Waals surface area contributed by atoms with Gasteiger partial charge in [0.1, 0.15) is 0 Å². The van der Waals surface area contributed by atoms with E-state index in [1.807, 2.05) is 25.3 Å². The van der Waals surface area contributed by atoms with Gasteiger partial charge in [0.25, 0.3) is 0 Å². The van der Waals surface area contributed by atoms with E-state index < -0.39 is 0 Å². The summed E-state index contributed by atoms with van der Waals surface area (Å²) in [6.07, 6.45) is 0.290. The van der Waals surface area contributed by atoms with Crippen molar-refractivity contribution in [3.8, 4) is 0 Å². The van der Waals surface area contributed by atoms with Crippen LogP contribution in [0.25, 0.3) is 0 Å². The number of amides is 1. The van der Waals surface area contributed by atoms with Gasteiger partial charge in [-0.2, -0.15) is 0 Å². The van der Waals surface area contributed by atoms with Gasteiger partial charge in [-0.15, -0.1) is 11.3 Å². The first kappa shape index (κ1) is 16.4. The molecule has 2 aromatic heterocycles. The van der Waals surface area contributed by atoms with E-state index in [4.69, 9.17) is 0 Å². The summed E-state index contributed by atoms with van der Waals surface area (Å²) in [5.74, 6) is 0.967. The predicted octanol–water partition coefficient (Wildman–Crippen LogP) is 2.61. The van der Waals surface area contributed by atoms with Crippen molar-refractivity contribution in [2.24, 2.45) is 5.92 Å². The Morgan fingerprint density at radius 1 is 1.23 bits per heavy atom. The molecule has 0 fully saturated rings. The molecule has 0 spiro atoms. The Morgan fingerprint density at radius 2 is 1.91 bits per heavy atom. The summed E-state index contributed by atoms with van der Waals surface area (Å²) in [7, 11) is 0. The molecule has 7 heteroatoms. The number of aromatic nitrogens is 3. The molecule has 0 unspecified atom stereocenters. The Labute approximate surface area is 134 Å². The molecule has 2 heterocycles. The van der Waals surface area contributed by atoms with Gasteiger partial charge in [-0.25, -0.2) is 15.0 Å². The molecule has 0 saturated carbocycles. The molecule has 0 aliphatic rings. The van der Waals surface area contributed by atoms with E-state index in [2.05, 4.69) is 39.4 Å². The highest BCUT2D eigenvalue weighted by atomic mass is 32.1. The summed E-state index contributed by atoms with van der Waals surface area (Å²) in [5.41, 5.74) is 2.55. The van der Waals surface area contributed by atoms with Gasteiger partial charge >= 0.3 is 0 Å². The first-order valence-corrected chi connectivity index (χ1v) is 8.10. The molecule has 0 saturated heterocycles. The maximum atomic E-state index is 11.8. The van der Waals surface area contributed by atoms with Gasteiger partial charge in [-0.05, 0) is 25.8 Å². The number of hydrogen-bond donors (Lipinski definition) is 2. The first-order chi connectivity index (χ1) is 10.4. The largest absolute Gasteiger partial charge is 0.356 e. The minimum Gasteiger partial charge on any atom is -0.356 e. The Bertz CT molecular complexity index is 633. The zero-order chi connectivity index (χ0) is 16.1. The third kappa shape index (κ3) is 5.07. The van der Waals surface area contributed by atoms with E-state index in [1.54, 1.807) is 0 Å². The van der Waals surface area contributed by atoms with Crippen LogP contribution in [0.15, 0.2) is 11.4 Å². The van der Waals surface area contributed by atoms with E-state index >= 15 is 0 Å². The van der Waals surface area contributed by atoms with Crippen LogP contribution in [0.5, 0.6) is 0 Å². The van der Waals surface area contributed by atoms with Crippen LogP contribution in [0.1, 0.15) is 30.9 Å². The molecule has 0 atom stereocenters. The number of thiazole rings is 1. The first-order valence-electron chi connectivity index (χ1n) is 7.23. The van der Waals surface area contributed by atoms with Crippen molar-refractivity contribution >= 4 is 28.3 Å². The molecule has 0 bridgehead atoms. The number of nitrogens with one attached hydrogen (secondary N) is 2. The molecule has 2 aromatic rings. The zero-order valence-corrected chi connectivity index (χ0v) is 14.1. The SMILES string of the molecule is Cc1cc(C)nc(Nc2nc(CC(=O)NCC(C)C)cs2)n1. The number of anilines is 2.